The van der Waals surface area contributed by atoms with E-state index in [0.29, 0.717) is 30.4 Å². The minimum atomic E-state index is 0.291. The standard InChI is InChI=1S/C12H17N3O/c13-12-7-9(2-4-15-12)5-11(16)6-10-1-3-14-8-10/h2,4,7,10,14H,1,3,5-6,8H2,(H2,13,15). The van der Waals surface area contributed by atoms with Gasteiger partial charge in [-0.05, 0) is 43.1 Å². The Kier molecular flexibility index (Phi) is 3.51. The second kappa shape index (κ2) is 5.07. The number of nitrogens with one attached hydrogen (secondary N) is 1. The smallest absolute Gasteiger partial charge is 0.137 e. The minimum absolute atomic E-state index is 0.291. The van der Waals surface area contributed by atoms with Crippen molar-refractivity contribution in [3.8, 4) is 0 Å². The third kappa shape index (κ3) is 3.03. The van der Waals surface area contributed by atoms with E-state index in [1.165, 1.54) is 0 Å². The molecule has 0 aromatic carbocycles. The lowest BCUT2D eigenvalue weighted by Gasteiger charge is -2.07. The highest BCUT2D eigenvalue weighted by molar-refractivity contribution is 5.81. The van der Waals surface area contributed by atoms with E-state index in [-0.39, 0.29) is 0 Å². The molecule has 0 aliphatic carbocycles. The van der Waals surface area contributed by atoms with Crippen molar-refractivity contribution >= 4 is 11.6 Å². The fourth-order valence-electron chi connectivity index (χ4n) is 2.11. The summed E-state index contributed by atoms with van der Waals surface area (Å²) < 4.78 is 0. The predicted molar refractivity (Wildman–Crippen MR) is 63.0 cm³/mol. The van der Waals surface area contributed by atoms with Gasteiger partial charge in [0.15, 0.2) is 0 Å². The number of nitrogen functional groups attached to an aromatic ring is 1. The maximum absolute atomic E-state index is 11.8. The molecule has 86 valence electrons. The van der Waals surface area contributed by atoms with Gasteiger partial charge in [0.2, 0.25) is 0 Å². The largest absolute Gasteiger partial charge is 0.384 e. The summed E-state index contributed by atoms with van der Waals surface area (Å²) in [6, 6.07) is 3.62. The second-order valence-electron chi connectivity index (χ2n) is 4.37. The molecule has 1 fully saturated rings. The number of carbonyl (C=O) groups excluding carboxylic acids is 1. The van der Waals surface area contributed by atoms with Gasteiger partial charge < -0.3 is 11.1 Å². The number of aromatic nitrogens is 1. The van der Waals surface area contributed by atoms with Gasteiger partial charge in [0.1, 0.15) is 11.6 Å². The number of nitrogens with zero attached hydrogens (tertiary/aromatic N) is 1. The molecule has 1 atom stereocenters. The summed E-state index contributed by atoms with van der Waals surface area (Å²) in [4.78, 5) is 15.7. The normalized spacial score (nSPS) is 19.9. The fraction of sp³-hybridized carbons (Fsp3) is 0.500. The van der Waals surface area contributed by atoms with Gasteiger partial charge in [0.25, 0.3) is 0 Å². The Hall–Kier alpha value is -1.42. The Balaban J connectivity index is 1.86. The average Bonchev–Trinajstić information content (AvgIpc) is 2.70. The molecule has 16 heavy (non-hydrogen) atoms. The van der Waals surface area contributed by atoms with Crippen LogP contribution < -0.4 is 11.1 Å². The minimum Gasteiger partial charge on any atom is -0.384 e. The van der Waals surface area contributed by atoms with Crippen molar-refractivity contribution in [1.29, 1.82) is 0 Å². The van der Waals surface area contributed by atoms with Gasteiger partial charge in [0, 0.05) is 19.0 Å². The van der Waals surface area contributed by atoms with Crippen LogP contribution in [-0.4, -0.2) is 23.9 Å². The zero-order valence-electron chi connectivity index (χ0n) is 9.28. The molecule has 1 saturated heterocycles. The number of anilines is 1. The van der Waals surface area contributed by atoms with Gasteiger partial charge in [-0.3, -0.25) is 4.79 Å². The first kappa shape index (κ1) is 11.1. The maximum atomic E-state index is 11.8. The molecule has 1 unspecified atom stereocenters. The van der Waals surface area contributed by atoms with Crippen LogP contribution in [0, 0.1) is 5.92 Å². The van der Waals surface area contributed by atoms with Gasteiger partial charge in [0.05, 0.1) is 0 Å². The molecule has 1 aliphatic heterocycles. The van der Waals surface area contributed by atoms with Gasteiger partial charge in [-0.1, -0.05) is 0 Å². The summed E-state index contributed by atoms with van der Waals surface area (Å²) in [6.07, 6.45) is 3.91. The van der Waals surface area contributed by atoms with Crippen LogP contribution in [0.2, 0.25) is 0 Å². The Morgan fingerprint density at radius 2 is 2.50 bits per heavy atom. The zero-order chi connectivity index (χ0) is 11.4. The van der Waals surface area contributed by atoms with Gasteiger partial charge >= 0.3 is 0 Å². The average molecular weight is 219 g/mol. The quantitative estimate of drug-likeness (QED) is 0.785. The van der Waals surface area contributed by atoms with E-state index in [1.807, 2.05) is 6.07 Å². The van der Waals surface area contributed by atoms with Crippen LogP contribution in [0.1, 0.15) is 18.4 Å². The topological polar surface area (TPSA) is 68.0 Å². The van der Waals surface area contributed by atoms with Gasteiger partial charge in [-0.2, -0.15) is 0 Å². The molecule has 1 aromatic heterocycles. The summed E-state index contributed by atoms with van der Waals surface area (Å²) in [5.74, 6) is 1.29. The highest BCUT2D eigenvalue weighted by atomic mass is 16.1. The molecule has 3 N–H and O–H groups in total. The number of ketones is 1. The predicted octanol–water partition coefficient (Wildman–Crippen LogP) is 0.775. The molecule has 0 saturated carbocycles. The lowest BCUT2D eigenvalue weighted by molar-refractivity contribution is -0.119. The lowest BCUT2D eigenvalue weighted by Crippen LogP contribution is -2.14. The summed E-state index contributed by atoms with van der Waals surface area (Å²) in [7, 11) is 0. The van der Waals surface area contributed by atoms with E-state index in [4.69, 9.17) is 5.73 Å². The number of carbonyl (C=O) groups is 1. The Morgan fingerprint density at radius 3 is 3.19 bits per heavy atom. The molecule has 0 spiro atoms. The summed E-state index contributed by atoms with van der Waals surface area (Å²) in [5.41, 5.74) is 6.53. The first-order chi connectivity index (χ1) is 7.74. The number of hydrogen-bond acceptors (Lipinski definition) is 4. The van der Waals surface area contributed by atoms with E-state index < -0.39 is 0 Å². The van der Waals surface area contributed by atoms with Crippen LogP contribution in [0.5, 0.6) is 0 Å². The number of hydrogen-bond donors (Lipinski definition) is 2. The molecule has 0 bridgehead atoms. The van der Waals surface area contributed by atoms with Crippen molar-refractivity contribution in [2.45, 2.75) is 19.3 Å². The first-order valence-corrected chi connectivity index (χ1v) is 5.67. The first-order valence-electron chi connectivity index (χ1n) is 5.67. The Bertz CT molecular complexity index is 372. The van der Waals surface area contributed by atoms with Gasteiger partial charge in [-0.25, -0.2) is 4.98 Å². The van der Waals surface area contributed by atoms with Crippen molar-refractivity contribution < 1.29 is 4.79 Å². The molecule has 2 rings (SSSR count). The van der Waals surface area contributed by atoms with Crippen LogP contribution in [0.25, 0.3) is 0 Å². The van der Waals surface area contributed by atoms with E-state index in [2.05, 4.69) is 10.3 Å². The number of pyridine rings is 1. The van der Waals surface area contributed by atoms with Crippen LogP contribution in [0.4, 0.5) is 5.82 Å². The number of Topliss-reactive ketones (excluding diaryl/α,β-unsaturated/α-hetero) is 1. The van der Waals surface area contributed by atoms with Gasteiger partial charge in [-0.15, -0.1) is 0 Å². The van der Waals surface area contributed by atoms with Crippen LogP contribution in [-0.2, 0) is 11.2 Å². The van der Waals surface area contributed by atoms with Crippen molar-refractivity contribution in [2.24, 2.45) is 5.92 Å². The molecular weight excluding hydrogens is 202 g/mol. The summed E-state index contributed by atoms with van der Waals surface area (Å²) >= 11 is 0. The molecule has 4 heteroatoms. The van der Waals surface area contributed by atoms with E-state index >= 15 is 0 Å². The Labute approximate surface area is 95.3 Å². The summed E-state index contributed by atoms with van der Waals surface area (Å²) in [5, 5.41) is 3.27. The molecule has 0 radical (unpaired) electrons. The zero-order valence-corrected chi connectivity index (χ0v) is 9.28. The second-order valence-corrected chi connectivity index (χ2v) is 4.37. The van der Waals surface area contributed by atoms with Crippen molar-refractivity contribution in [1.82, 2.24) is 10.3 Å². The Morgan fingerprint density at radius 1 is 1.62 bits per heavy atom. The van der Waals surface area contributed by atoms with Crippen molar-refractivity contribution in [3.05, 3.63) is 23.9 Å². The molecule has 4 nitrogen and oxygen atoms in total. The van der Waals surface area contributed by atoms with E-state index in [9.17, 15) is 4.79 Å². The SMILES string of the molecule is Nc1cc(CC(=O)CC2CCNC2)ccn1. The maximum Gasteiger partial charge on any atom is 0.137 e. The molecule has 1 aromatic rings. The number of rotatable bonds is 4. The van der Waals surface area contributed by atoms with Crippen molar-refractivity contribution in [3.63, 3.8) is 0 Å². The molecule has 0 amide bonds. The lowest BCUT2D eigenvalue weighted by atomic mass is 9.98. The van der Waals surface area contributed by atoms with Crippen molar-refractivity contribution in [2.75, 3.05) is 18.8 Å². The highest BCUT2D eigenvalue weighted by Gasteiger charge is 2.17. The molecule has 2 heterocycles. The monoisotopic (exact) mass is 219 g/mol. The molecule has 1 aliphatic rings. The van der Waals surface area contributed by atoms with E-state index in [1.54, 1.807) is 12.3 Å². The number of nitrogens with two attached hydrogens (primary N) is 1. The fourth-order valence-corrected chi connectivity index (χ4v) is 2.11. The highest BCUT2D eigenvalue weighted by Crippen LogP contribution is 2.14. The van der Waals surface area contributed by atoms with Crippen LogP contribution in [0.3, 0.4) is 0 Å². The third-order valence-corrected chi connectivity index (χ3v) is 2.93. The third-order valence-electron chi connectivity index (χ3n) is 2.93. The summed E-state index contributed by atoms with van der Waals surface area (Å²) in [6.45, 7) is 2.02. The van der Waals surface area contributed by atoms with E-state index in [0.717, 1.165) is 25.1 Å². The molecular formula is C12H17N3O. The van der Waals surface area contributed by atoms with Crippen LogP contribution >= 0.6 is 0 Å². The van der Waals surface area contributed by atoms with Crippen LogP contribution in [0.15, 0.2) is 18.3 Å².